The van der Waals surface area contributed by atoms with Gasteiger partial charge in [-0.3, -0.25) is 4.79 Å². The Balaban J connectivity index is 3.03. The molecule has 0 radical (unpaired) electrons. The Bertz CT molecular complexity index is 495. The van der Waals surface area contributed by atoms with Crippen LogP contribution in [0.2, 0.25) is 10.0 Å². The van der Waals surface area contributed by atoms with Gasteiger partial charge in [-0.15, -0.1) is 0 Å². The number of carbonyl (C=O) groups excluding carboxylic acids is 1. The molecule has 1 amide bonds. The Morgan fingerprint density at radius 1 is 1.26 bits per heavy atom. The zero-order valence-corrected chi connectivity index (χ0v) is 11.9. The maximum Gasteiger partial charge on any atom is 0.335 e. The average Bonchev–Trinajstić information content (AvgIpc) is 2.31. The van der Waals surface area contributed by atoms with E-state index in [4.69, 9.17) is 34.0 Å². The van der Waals surface area contributed by atoms with Gasteiger partial charge >= 0.3 is 5.97 Å². The van der Waals surface area contributed by atoms with Crippen molar-refractivity contribution >= 4 is 40.8 Å². The molecule has 0 aliphatic heterocycles. The summed E-state index contributed by atoms with van der Waals surface area (Å²) in [5.41, 5.74) is 5.80. The predicted molar refractivity (Wildman–Crippen MR) is 74.9 cm³/mol. The van der Waals surface area contributed by atoms with Crippen molar-refractivity contribution in [1.29, 1.82) is 0 Å². The minimum Gasteiger partial charge on any atom is -0.478 e. The molecule has 19 heavy (non-hydrogen) atoms. The molecule has 1 aromatic rings. The summed E-state index contributed by atoms with van der Waals surface area (Å²) < 4.78 is 0. The molecule has 0 aliphatic carbocycles. The van der Waals surface area contributed by atoms with E-state index in [1.54, 1.807) is 13.8 Å². The summed E-state index contributed by atoms with van der Waals surface area (Å²) >= 11 is 11.8. The number of carboxylic acid groups (broad SMARTS) is 1. The van der Waals surface area contributed by atoms with Crippen LogP contribution in [0.1, 0.15) is 24.2 Å². The van der Waals surface area contributed by atoms with E-state index in [9.17, 15) is 9.59 Å². The van der Waals surface area contributed by atoms with Crippen LogP contribution in [-0.4, -0.2) is 23.0 Å². The van der Waals surface area contributed by atoms with Crippen molar-refractivity contribution in [3.8, 4) is 0 Å². The molecule has 0 bridgehead atoms. The van der Waals surface area contributed by atoms with Gasteiger partial charge in [-0.2, -0.15) is 0 Å². The quantitative estimate of drug-likeness (QED) is 0.797. The molecule has 0 saturated heterocycles. The number of benzene rings is 1. The maximum atomic E-state index is 11.8. The molecule has 0 unspecified atom stereocenters. The lowest BCUT2D eigenvalue weighted by molar-refractivity contribution is -0.118. The van der Waals surface area contributed by atoms with Gasteiger partial charge in [-0.05, 0) is 18.1 Å². The third kappa shape index (κ3) is 3.83. The first-order chi connectivity index (χ1) is 8.73. The molecule has 1 aromatic carbocycles. The highest BCUT2D eigenvalue weighted by atomic mass is 35.5. The first-order valence-electron chi connectivity index (χ1n) is 5.52. The molecule has 1 atom stereocenters. The number of rotatable bonds is 4. The molecule has 0 aliphatic rings. The summed E-state index contributed by atoms with van der Waals surface area (Å²) in [7, 11) is 0. The van der Waals surface area contributed by atoms with Crippen LogP contribution in [0.5, 0.6) is 0 Å². The van der Waals surface area contributed by atoms with Crippen molar-refractivity contribution in [2.45, 2.75) is 19.9 Å². The van der Waals surface area contributed by atoms with E-state index in [1.165, 1.54) is 12.1 Å². The van der Waals surface area contributed by atoms with Gasteiger partial charge in [-0.1, -0.05) is 37.0 Å². The van der Waals surface area contributed by atoms with E-state index in [1.807, 2.05) is 0 Å². The second-order valence-electron chi connectivity index (χ2n) is 4.38. The van der Waals surface area contributed by atoms with Gasteiger partial charge in [0.25, 0.3) is 0 Å². The van der Waals surface area contributed by atoms with Crippen LogP contribution < -0.4 is 11.1 Å². The Kier molecular flexibility index (Phi) is 5.17. The van der Waals surface area contributed by atoms with E-state index in [2.05, 4.69) is 5.32 Å². The van der Waals surface area contributed by atoms with Gasteiger partial charge in [0.1, 0.15) is 0 Å². The number of amides is 1. The lowest BCUT2D eigenvalue weighted by atomic mass is 10.0. The first kappa shape index (κ1) is 15.8. The van der Waals surface area contributed by atoms with Gasteiger partial charge in [0.05, 0.1) is 27.3 Å². The SMILES string of the molecule is CC(C)[C@@H](N)C(=O)Nc1c(Cl)cc(C(=O)O)cc1Cl. The van der Waals surface area contributed by atoms with E-state index < -0.39 is 17.9 Å². The summed E-state index contributed by atoms with van der Waals surface area (Å²) in [6.07, 6.45) is 0. The minimum absolute atomic E-state index is 0.0455. The molecule has 4 N–H and O–H groups in total. The molecule has 5 nitrogen and oxygen atoms in total. The van der Waals surface area contributed by atoms with Crippen LogP contribution in [-0.2, 0) is 4.79 Å². The van der Waals surface area contributed by atoms with E-state index in [0.717, 1.165) is 0 Å². The van der Waals surface area contributed by atoms with Crippen LogP contribution in [0.15, 0.2) is 12.1 Å². The molecule has 0 fully saturated rings. The van der Waals surface area contributed by atoms with Crippen LogP contribution in [0.4, 0.5) is 5.69 Å². The van der Waals surface area contributed by atoms with E-state index in [0.29, 0.717) is 0 Å². The summed E-state index contributed by atoms with van der Waals surface area (Å²) in [5.74, 6) is -1.63. The van der Waals surface area contributed by atoms with E-state index >= 15 is 0 Å². The fourth-order valence-corrected chi connectivity index (χ4v) is 1.91. The Labute approximate surface area is 120 Å². The molecule has 1 rings (SSSR count). The van der Waals surface area contributed by atoms with Crippen molar-refractivity contribution in [1.82, 2.24) is 0 Å². The summed E-state index contributed by atoms with van der Waals surface area (Å²) in [6.45, 7) is 3.61. The van der Waals surface area contributed by atoms with Crippen LogP contribution in [0.3, 0.4) is 0 Å². The molecular formula is C12H14Cl2N2O3. The van der Waals surface area contributed by atoms with E-state index in [-0.39, 0.29) is 27.2 Å². The standard InChI is InChI=1S/C12H14Cl2N2O3/c1-5(2)9(15)11(17)16-10-7(13)3-6(12(18)19)4-8(10)14/h3-5,9H,15H2,1-2H3,(H,16,17)(H,18,19)/t9-/m1/s1. The number of carboxylic acids is 1. The Morgan fingerprint density at radius 3 is 2.11 bits per heavy atom. The van der Waals surface area contributed by atoms with Crippen LogP contribution in [0.25, 0.3) is 0 Å². The third-order valence-corrected chi connectivity index (χ3v) is 3.15. The predicted octanol–water partition coefficient (Wildman–Crippen LogP) is 2.61. The van der Waals surface area contributed by atoms with Crippen molar-refractivity contribution in [3.05, 3.63) is 27.7 Å². The summed E-state index contributed by atoms with van der Waals surface area (Å²) in [5, 5.41) is 11.4. The van der Waals surface area contributed by atoms with Crippen molar-refractivity contribution in [2.24, 2.45) is 11.7 Å². The largest absolute Gasteiger partial charge is 0.478 e. The summed E-state index contributed by atoms with van der Waals surface area (Å²) in [6, 6.07) is 1.73. The number of nitrogens with one attached hydrogen (secondary N) is 1. The second-order valence-corrected chi connectivity index (χ2v) is 5.19. The number of hydrogen-bond acceptors (Lipinski definition) is 3. The number of hydrogen-bond donors (Lipinski definition) is 3. The van der Waals surface area contributed by atoms with Gasteiger partial charge in [-0.25, -0.2) is 4.79 Å². The van der Waals surface area contributed by atoms with Gasteiger partial charge in [0, 0.05) is 0 Å². The topological polar surface area (TPSA) is 92.4 Å². The zero-order chi connectivity index (χ0) is 14.7. The molecule has 7 heteroatoms. The molecule has 0 aromatic heterocycles. The highest BCUT2D eigenvalue weighted by Crippen LogP contribution is 2.32. The average molecular weight is 305 g/mol. The number of carbonyl (C=O) groups is 2. The lowest BCUT2D eigenvalue weighted by Crippen LogP contribution is -2.39. The van der Waals surface area contributed by atoms with Gasteiger partial charge in [0.15, 0.2) is 0 Å². The Morgan fingerprint density at radius 2 is 1.74 bits per heavy atom. The van der Waals surface area contributed by atoms with Crippen molar-refractivity contribution in [2.75, 3.05) is 5.32 Å². The first-order valence-corrected chi connectivity index (χ1v) is 6.28. The molecule has 0 spiro atoms. The molecular weight excluding hydrogens is 291 g/mol. The normalized spacial score (nSPS) is 12.3. The van der Waals surface area contributed by atoms with Crippen LogP contribution >= 0.6 is 23.2 Å². The molecule has 0 heterocycles. The fraction of sp³-hybridized carbons (Fsp3) is 0.333. The number of aromatic carboxylic acids is 1. The lowest BCUT2D eigenvalue weighted by Gasteiger charge is -2.17. The highest BCUT2D eigenvalue weighted by Gasteiger charge is 2.20. The third-order valence-electron chi connectivity index (χ3n) is 2.56. The Hall–Kier alpha value is -1.30. The zero-order valence-electron chi connectivity index (χ0n) is 10.4. The number of anilines is 1. The van der Waals surface area contributed by atoms with Crippen molar-refractivity contribution < 1.29 is 14.7 Å². The number of halogens is 2. The maximum absolute atomic E-state index is 11.8. The number of nitrogens with two attached hydrogens (primary N) is 1. The smallest absolute Gasteiger partial charge is 0.335 e. The fourth-order valence-electron chi connectivity index (χ4n) is 1.33. The van der Waals surface area contributed by atoms with Gasteiger partial charge in [0.2, 0.25) is 5.91 Å². The monoisotopic (exact) mass is 304 g/mol. The van der Waals surface area contributed by atoms with Gasteiger partial charge < -0.3 is 16.2 Å². The highest BCUT2D eigenvalue weighted by molar-refractivity contribution is 6.40. The summed E-state index contributed by atoms with van der Waals surface area (Å²) in [4.78, 5) is 22.6. The minimum atomic E-state index is -1.15. The molecule has 0 saturated carbocycles. The van der Waals surface area contributed by atoms with Crippen molar-refractivity contribution in [3.63, 3.8) is 0 Å². The molecule has 104 valence electrons. The van der Waals surface area contributed by atoms with Crippen LogP contribution in [0, 0.1) is 5.92 Å². The second kappa shape index (κ2) is 6.23.